The standard InChI is InChI=1S/C14H23N3O2S/c1-2-15-12-13-6-8-14(9-7-13)20(18,19)16-17-10-4-3-5-11-17/h6-9,15-16H,2-5,10-12H2,1H3. The summed E-state index contributed by atoms with van der Waals surface area (Å²) >= 11 is 0. The summed E-state index contributed by atoms with van der Waals surface area (Å²) in [6, 6.07) is 7.04. The molecule has 6 heteroatoms. The third kappa shape index (κ3) is 4.28. The molecule has 2 N–H and O–H groups in total. The number of rotatable bonds is 6. The lowest BCUT2D eigenvalue weighted by molar-refractivity contribution is 0.200. The van der Waals surface area contributed by atoms with Gasteiger partial charge in [0.1, 0.15) is 0 Å². The van der Waals surface area contributed by atoms with Crippen molar-refractivity contribution in [3.63, 3.8) is 0 Å². The fraction of sp³-hybridized carbons (Fsp3) is 0.571. The Morgan fingerprint density at radius 3 is 2.35 bits per heavy atom. The van der Waals surface area contributed by atoms with Crippen molar-refractivity contribution in [2.24, 2.45) is 0 Å². The van der Waals surface area contributed by atoms with Crippen molar-refractivity contribution in [1.29, 1.82) is 0 Å². The van der Waals surface area contributed by atoms with Gasteiger partial charge in [0.25, 0.3) is 10.0 Å². The van der Waals surface area contributed by atoms with Gasteiger partial charge in [-0.15, -0.1) is 4.83 Å². The van der Waals surface area contributed by atoms with E-state index in [4.69, 9.17) is 0 Å². The lowest BCUT2D eigenvalue weighted by Gasteiger charge is -2.26. The highest BCUT2D eigenvalue weighted by Gasteiger charge is 2.19. The van der Waals surface area contributed by atoms with Gasteiger partial charge in [0.15, 0.2) is 0 Å². The van der Waals surface area contributed by atoms with Crippen molar-refractivity contribution in [3.8, 4) is 0 Å². The second kappa shape index (κ2) is 7.17. The first-order valence-corrected chi connectivity index (χ1v) is 8.67. The molecule has 1 heterocycles. The second-order valence-electron chi connectivity index (χ2n) is 5.07. The first-order valence-electron chi connectivity index (χ1n) is 7.19. The zero-order chi connectivity index (χ0) is 14.4. The van der Waals surface area contributed by atoms with Crippen LogP contribution in [-0.2, 0) is 16.6 Å². The first-order chi connectivity index (χ1) is 9.62. The molecule has 2 rings (SSSR count). The van der Waals surface area contributed by atoms with E-state index in [0.717, 1.165) is 44.6 Å². The molecular formula is C14H23N3O2S. The third-order valence-electron chi connectivity index (χ3n) is 3.42. The lowest BCUT2D eigenvalue weighted by atomic mass is 10.2. The molecule has 1 aliphatic heterocycles. The summed E-state index contributed by atoms with van der Waals surface area (Å²) in [7, 11) is -3.44. The molecule has 0 atom stereocenters. The topological polar surface area (TPSA) is 61.4 Å². The first kappa shape index (κ1) is 15.4. The summed E-state index contributed by atoms with van der Waals surface area (Å²) in [6.45, 7) is 5.28. The molecule has 1 aromatic rings. The molecule has 0 spiro atoms. The van der Waals surface area contributed by atoms with Gasteiger partial charge in [0, 0.05) is 19.6 Å². The maximum Gasteiger partial charge on any atom is 0.253 e. The summed E-state index contributed by atoms with van der Waals surface area (Å²) in [5.41, 5.74) is 1.09. The van der Waals surface area contributed by atoms with E-state index in [-0.39, 0.29) is 0 Å². The molecule has 0 unspecified atom stereocenters. The molecule has 20 heavy (non-hydrogen) atoms. The summed E-state index contributed by atoms with van der Waals surface area (Å²) < 4.78 is 24.5. The molecule has 1 aromatic carbocycles. The fourth-order valence-corrected chi connectivity index (χ4v) is 3.39. The molecule has 1 saturated heterocycles. The summed E-state index contributed by atoms with van der Waals surface area (Å²) in [5, 5.41) is 5.01. The minimum atomic E-state index is -3.44. The van der Waals surface area contributed by atoms with Gasteiger partial charge >= 0.3 is 0 Å². The van der Waals surface area contributed by atoms with Crippen molar-refractivity contribution < 1.29 is 8.42 Å². The minimum absolute atomic E-state index is 0.323. The number of sulfonamides is 1. The van der Waals surface area contributed by atoms with Gasteiger partial charge in [-0.25, -0.2) is 13.4 Å². The van der Waals surface area contributed by atoms with E-state index in [0.29, 0.717) is 4.90 Å². The Bertz CT molecular complexity index is 508. The smallest absolute Gasteiger partial charge is 0.253 e. The molecule has 0 amide bonds. The average molecular weight is 297 g/mol. The quantitative estimate of drug-likeness (QED) is 0.835. The van der Waals surface area contributed by atoms with Crippen LogP contribution in [0, 0.1) is 0 Å². The maximum atomic E-state index is 12.3. The van der Waals surface area contributed by atoms with E-state index in [1.165, 1.54) is 6.42 Å². The highest BCUT2D eigenvalue weighted by molar-refractivity contribution is 7.89. The molecular weight excluding hydrogens is 274 g/mol. The van der Waals surface area contributed by atoms with Gasteiger partial charge in [0.2, 0.25) is 0 Å². The Morgan fingerprint density at radius 1 is 1.10 bits per heavy atom. The van der Waals surface area contributed by atoms with Gasteiger partial charge < -0.3 is 5.32 Å². The average Bonchev–Trinajstić information content (AvgIpc) is 2.46. The van der Waals surface area contributed by atoms with Gasteiger partial charge in [-0.3, -0.25) is 0 Å². The zero-order valence-corrected chi connectivity index (χ0v) is 12.7. The Hall–Kier alpha value is -0.950. The van der Waals surface area contributed by atoms with E-state index < -0.39 is 10.0 Å². The van der Waals surface area contributed by atoms with Crippen LogP contribution in [0.3, 0.4) is 0 Å². The second-order valence-corrected chi connectivity index (χ2v) is 6.73. The summed E-state index contributed by atoms with van der Waals surface area (Å²) in [5.74, 6) is 0. The van der Waals surface area contributed by atoms with Crippen LogP contribution in [0.5, 0.6) is 0 Å². The van der Waals surface area contributed by atoms with Gasteiger partial charge in [0.05, 0.1) is 4.90 Å². The van der Waals surface area contributed by atoms with Crippen molar-refractivity contribution >= 4 is 10.0 Å². The SMILES string of the molecule is CCNCc1ccc(S(=O)(=O)NN2CCCCC2)cc1. The predicted octanol–water partition coefficient (Wildman–Crippen LogP) is 1.48. The van der Waals surface area contributed by atoms with Gasteiger partial charge in [-0.1, -0.05) is 25.5 Å². The van der Waals surface area contributed by atoms with Crippen LogP contribution in [-0.4, -0.2) is 33.1 Å². The van der Waals surface area contributed by atoms with Crippen LogP contribution in [0.1, 0.15) is 31.7 Å². The Balaban J connectivity index is 2.01. The third-order valence-corrected chi connectivity index (χ3v) is 4.81. The number of benzene rings is 1. The largest absolute Gasteiger partial charge is 0.313 e. The molecule has 112 valence electrons. The lowest BCUT2D eigenvalue weighted by Crippen LogP contribution is -2.44. The fourth-order valence-electron chi connectivity index (χ4n) is 2.26. The molecule has 0 bridgehead atoms. The highest BCUT2D eigenvalue weighted by atomic mass is 32.2. The summed E-state index contributed by atoms with van der Waals surface area (Å²) in [4.78, 5) is 2.99. The van der Waals surface area contributed by atoms with Crippen molar-refractivity contribution in [1.82, 2.24) is 15.2 Å². The molecule has 0 aromatic heterocycles. The van der Waals surface area contributed by atoms with E-state index in [9.17, 15) is 8.42 Å². The number of hydrazine groups is 1. The van der Waals surface area contributed by atoms with E-state index in [2.05, 4.69) is 10.1 Å². The minimum Gasteiger partial charge on any atom is -0.313 e. The molecule has 1 aliphatic rings. The maximum absolute atomic E-state index is 12.3. The Labute approximate surface area is 121 Å². The zero-order valence-electron chi connectivity index (χ0n) is 11.9. The number of piperidine rings is 1. The predicted molar refractivity (Wildman–Crippen MR) is 79.6 cm³/mol. The van der Waals surface area contributed by atoms with Gasteiger partial charge in [-0.05, 0) is 37.1 Å². The molecule has 1 fully saturated rings. The number of hydrogen-bond acceptors (Lipinski definition) is 4. The van der Waals surface area contributed by atoms with Crippen LogP contribution in [0.15, 0.2) is 29.2 Å². The van der Waals surface area contributed by atoms with Crippen LogP contribution < -0.4 is 10.1 Å². The van der Waals surface area contributed by atoms with E-state index in [1.807, 2.05) is 19.1 Å². The highest BCUT2D eigenvalue weighted by Crippen LogP contribution is 2.13. The Morgan fingerprint density at radius 2 is 1.75 bits per heavy atom. The number of hydrogen-bond donors (Lipinski definition) is 2. The monoisotopic (exact) mass is 297 g/mol. The van der Waals surface area contributed by atoms with Crippen molar-refractivity contribution in [2.75, 3.05) is 19.6 Å². The molecule has 0 saturated carbocycles. The van der Waals surface area contributed by atoms with Crippen LogP contribution in [0.2, 0.25) is 0 Å². The number of nitrogens with one attached hydrogen (secondary N) is 2. The summed E-state index contributed by atoms with van der Waals surface area (Å²) in [6.07, 6.45) is 3.27. The van der Waals surface area contributed by atoms with Crippen LogP contribution in [0.25, 0.3) is 0 Å². The van der Waals surface area contributed by atoms with Crippen LogP contribution >= 0.6 is 0 Å². The normalized spacial score (nSPS) is 17.2. The van der Waals surface area contributed by atoms with Crippen molar-refractivity contribution in [2.45, 2.75) is 37.6 Å². The molecule has 0 radical (unpaired) electrons. The number of nitrogens with zero attached hydrogens (tertiary/aromatic N) is 1. The Kier molecular flexibility index (Phi) is 5.54. The van der Waals surface area contributed by atoms with Crippen molar-refractivity contribution in [3.05, 3.63) is 29.8 Å². The van der Waals surface area contributed by atoms with Gasteiger partial charge in [-0.2, -0.15) is 0 Å². The van der Waals surface area contributed by atoms with E-state index >= 15 is 0 Å². The molecule has 0 aliphatic carbocycles. The van der Waals surface area contributed by atoms with Crippen LogP contribution in [0.4, 0.5) is 0 Å². The molecule has 5 nitrogen and oxygen atoms in total. The van der Waals surface area contributed by atoms with E-state index in [1.54, 1.807) is 17.1 Å².